The Labute approximate surface area is 307 Å². The number of aryl methyl sites for hydroxylation is 2. The average molecular weight is 727 g/mol. The van der Waals surface area contributed by atoms with Gasteiger partial charge in [-0.1, -0.05) is 24.3 Å². The third-order valence-electron chi connectivity index (χ3n) is 7.91. The van der Waals surface area contributed by atoms with E-state index in [-0.39, 0.29) is 23.9 Å². The topological polar surface area (TPSA) is 158 Å². The van der Waals surface area contributed by atoms with E-state index in [1.54, 1.807) is 45.7 Å². The van der Waals surface area contributed by atoms with Crippen LogP contribution in [0.2, 0.25) is 0 Å². The highest BCUT2D eigenvalue weighted by Crippen LogP contribution is 2.24. The van der Waals surface area contributed by atoms with Crippen LogP contribution < -0.4 is 20.1 Å². The van der Waals surface area contributed by atoms with Gasteiger partial charge in [-0.2, -0.15) is 0 Å². The van der Waals surface area contributed by atoms with Gasteiger partial charge in [0.1, 0.15) is 23.0 Å². The van der Waals surface area contributed by atoms with Gasteiger partial charge in [0.05, 0.1) is 45.1 Å². The fourth-order valence-corrected chi connectivity index (χ4v) is 4.95. The first kappa shape index (κ1) is 38.5. The van der Waals surface area contributed by atoms with Gasteiger partial charge in [-0.3, -0.25) is 9.97 Å². The van der Waals surface area contributed by atoms with Crippen molar-refractivity contribution in [1.29, 1.82) is 0 Å². The fourth-order valence-electron chi connectivity index (χ4n) is 4.95. The Hall–Kier alpha value is -6.27. The van der Waals surface area contributed by atoms with E-state index in [9.17, 15) is 9.59 Å². The number of aromatic carboxylic acids is 1. The number of methoxy groups -OCH3 is 3. The number of aromatic nitrogens is 2. The number of carboxylic acid groups (broad SMARTS) is 1. The number of carboxylic acids is 1. The maximum absolute atomic E-state index is 11.5. The van der Waals surface area contributed by atoms with Crippen molar-refractivity contribution in [1.82, 2.24) is 9.97 Å². The second-order valence-corrected chi connectivity index (χ2v) is 11.2. The molecule has 0 spiro atoms. The number of nitrogens with zero attached hydrogens (tertiary/aromatic N) is 2. The Morgan fingerprint density at radius 1 is 0.654 bits per heavy atom. The zero-order valence-electron chi connectivity index (χ0n) is 29.3. The number of carbonyl (C=O) groups excluding carboxylic acids is 1. The summed E-state index contributed by atoms with van der Waals surface area (Å²) in [5.41, 5.74) is 7.38. The number of benzene rings is 2. The smallest absolute Gasteiger partial charge is 0.373 e. The molecule has 270 valence electrons. The monoisotopic (exact) mass is 726 g/mol. The summed E-state index contributed by atoms with van der Waals surface area (Å²) in [6.45, 7) is 4.61. The van der Waals surface area contributed by atoms with Gasteiger partial charge >= 0.3 is 11.9 Å². The molecule has 0 aliphatic carbocycles. The second kappa shape index (κ2) is 18.1. The van der Waals surface area contributed by atoms with E-state index < -0.39 is 11.9 Å². The highest BCUT2D eigenvalue weighted by Gasteiger charge is 2.15. The van der Waals surface area contributed by atoms with Crippen LogP contribution in [0.3, 0.4) is 0 Å². The minimum Gasteiger partial charge on any atom is -0.495 e. The minimum atomic E-state index is -1.06. The Balaban J connectivity index is 0.000000228. The van der Waals surface area contributed by atoms with E-state index in [1.165, 1.54) is 7.11 Å². The number of hydrogen-bond donors (Lipinski definition) is 3. The molecule has 0 aliphatic rings. The summed E-state index contributed by atoms with van der Waals surface area (Å²) >= 11 is 0. The number of anilines is 2. The fraction of sp³-hybridized carbons (Fsp3) is 0.179. The molecule has 0 aliphatic heterocycles. The number of furan rings is 2. The normalized spacial score (nSPS) is 10.2. The van der Waals surface area contributed by atoms with Crippen molar-refractivity contribution in [2.24, 2.45) is 0 Å². The number of rotatable bonds is 12. The summed E-state index contributed by atoms with van der Waals surface area (Å²) in [6.07, 6.45) is 3.38. The highest BCUT2D eigenvalue weighted by molar-refractivity contribution is 5.86. The van der Waals surface area contributed by atoms with Crippen LogP contribution in [0.25, 0.3) is 22.5 Å². The molecule has 6 rings (SSSR count). The number of hydrogen-bond acceptors (Lipinski definition) is 11. The highest BCUT2D eigenvalue weighted by atomic mass is 35.5. The first-order valence-electron chi connectivity index (χ1n) is 15.9. The molecule has 0 atom stereocenters. The third-order valence-corrected chi connectivity index (χ3v) is 7.91. The van der Waals surface area contributed by atoms with Crippen LogP contribution in [0.5, 0.6) is 11.5 Å². The van der Waals surface area contributed by atoms with Crippen molar-refractivity contribution in [2.45, 2.75) is 26.9 Å². The number of pyridine rings is 2. The SMILES string of the molecule is COC(=O)c1cc(CNc2ccc(-c3ccc(OC)cn3)cc2)c(C)o1.COc1ccc(-c2ccc(NCc3cc(C(=O)O)oc3C)cc2)nc1.Cl. The van der Waals surface area contributed by atoms with Gasteiger partial charge in [0, 0.05) is 46.7 Å². The van der Waals surface area contributed by atoms with Crippen molar-refractivity contribution in [3.63, 3.8) is 0 Å². The number of esters is 1. The standard InChI is InChI=1S/C20H20N2O4.C19H18N2O4.ClH/c1-13-15(10-19(26-13)20(23)25-3)11-21-16-6-4-14(5-7-16)18-9-8-17(24-2)12-22-18;1-12-14(9-18(25-12)19(22)23)10-20-15-5-3-13(4-6-15)17-8-7-16(24-2)11-21-17;/h4-10,12,21H,11H2,1-3H3;3-9,11,20H,10H2,1-2H3,(H,22,23);1H. The Morgan fingerprint density at radius 3 is 1.42 bits per heavy atom. The van der Waals surface area contributed by atoms with Crippen molar-refractivity contribution in [3.05, 3.63) is 131 Å². The second-order valence-electron chi connectivity index (χ2n) is 11.2. The quantitative estimate of drug-likeness (QED) is 0.104. The lowest BCUT2D eigenvalue weighted by atomic mass is 10.1. The van der Waals surface area contributed by atoms with Gasteiger partial charge in [0.25, 0.3) is 0 Å². The lowest BCUT2D eigenvalue weighted by Gasteiger charge is -2.07. The van der Waals surface area contributed by atoms with E-state index >= 15 is 0 Å². The minimum absolute atomic E-state index is 0. The van der Waals surface area contributed by atoms with Gasteiger partial charge < -0.3 is 38.8 Å². The van der Waals surface area contributed by atoms with Crippen LogP contribution >= 0.6 is 12.4 Å². The van der Waals surface area contributed by atoms with Crippen LogP contribution in [0, 0.1) is 13.8 Å². The van der Waals surface area contributed by atoms with Gasteiger partial charge in [-0.05, 0) is 74.5 Å². The molecule has 4 heterocycles. The molecule has 0 saturated carbocycles. The molecule has 13 heteroatoms. The van der Waals surface area contributed by atoms with Crippen LogP contribution in [-0.2, 0) is 17.8 Å². The predicted octanol–water partition coefficient (Wildman–Crippen LogP) is 8.45. The van der Waals surface area contributed by atoms with Gasteiger partial charge in [0.15, 0.2) is 0 Å². The van der Waals surface area contributed by atoms with Crippen LogP contribution in [-0.4, -0.2) is 48.3 Å². The lowest BCUT2D eigenvalue weighted by Crippen LogP contribution is -2.00. The number of nitrogens with one attached hydrogen (secondary N) is 2. The molecule has 0 saturated heterocycles. The molecule has 6 aromatic rings. The first-order chi connectivity index (χ1) is 24.7. The summed E-state index contributed by atoms with van der Waals surface area (Å²) in [7, 11) is 4.56. The number of carbonyl (C=O) groups is 2. The summed E-state index contributed by atoms with van der Waals surface area (Å²) in [5.74, 6) is 1.37. The van der Waals surface area contributed by atoms with Crippen molar-refractivity contribution in [2.75, 3.05) is 32.0 Å². The molecule has 3 N–H and O–H groups in total. The zero-order chi connectivity index (χ0) is 36.3. The van der Waals surface area contributed by atoms with Crippen molar-refractivity contribution < 1.29 is 37.7 Å². The summed E-state index contributed by atoms with van der Waals surface area (Å²) < 4.78 is 25.5. The first-order valence-corrected chi connectivity index (χ1v) is 15.9. The van der Waals surface area contributed by atoms with E-state index in [0.29, 0.717) is 24.6 Å². The molecule has 0 amide bonds. The van der Waals surface area contributed by atoms with Crippen molar-refractivity contribution in [3.8, 4) is 34.0 Å². The van der Waals surface area contributed by atoms with Gasteiger partial charge in [-0.25, -0.2) is 9.59 Å². The average Bonchev–Trinajstić information content (AvgIpc) is 3.74. The van der Waals surface area contributed by atoms with E-state index in [2.05, 4.69) is 25.3 Å². The van der Waals surface area contributed by atoms with Crippen LogP contribution in [0.4, 0.5) is 11.4 Å². The maximum atomic E-state index is 11.5. The zero-order valence-corrected chi connectivity index (χ0v) is 30.1. The molecule has 4 aromatic heterocycles. The Bertz CT molecular complexity index is 2060. The maximum Gasteiger partial charge on any atom is 0.373 e. The number of ether oxygens (including phenoxy) is 3. The van der Waals surface area contributed by atoms with Crippen LogP contribution in [0.15, 0.2) is 106 Å². The Kier molecular flexibility index (Phi) is 13.4. The molecular formula is C39H39ClN4O8. The molecule has 0 bridgehead atoms. The lowest BCUT2D eigenvalue weighted by molar-refractivity contribution is 0.0563. The molecule has 0 fully saturated rings. The molecule has 12 nitrogen and oxygen atoms in total. The molecule has 2 aromatic carbocycles. The van der Waals surface area contributed by atoms with E-state index in [0.717, 1.165) is 56.5 Å². The third kappa shape index (κ3) is 9.92. The van der Waals surface area contributed by atoms with Crippen LogP contribution in [0.1, 0.15) is 43.8 Å². The summed E-state index contributed by atoms with van der Waals surface area (Å²) in [5, 5.41) is 15.5. The van der Waals surface area contributed by atoms with E-state index in [4.69, 9.17) is 23.4 Å². The largest absolute Gasteiger partial charge is 0.495 e. The van der Waals surface area contributed by atoms with Gasteiger partial charge in [0.2, 0.25) is 11.5 Å². The predicted molar refractivity (Wildman–Crippen MR) is 200 cm³/mol. The molecular weight excluding hydrogens is 688 g/mol. The summed E-state index contributed by atoms with van der Waals surface area (Å²) in [4.78, 5) is 31.2. The summed E-state index contributed by atoms with van der Waals surface area (Å²) in [6, 6.07) is 26.6. The molecule has 0 unspecified atom stereocenters. The molecule has 0 radical (unpaired) electrons. The van der Waals surface area contributed by atoms with Crippen molar-refractivity contribution >= 4 is 35.7 Å². The number of halogens is 1. The molecule has 52 heavy (non-hydrogen) atoms. The van der Waals surface area contributed by atoms with E-state index in [1.807, 2.05) is 79.7 Å². The van der Waals surface area contributed by atoms with Gasteiger partial charge in [-0.15, -0.1) is 12.4 Å². The Morgan fingerprint density at radius 2 is 1.08 bits per heavy atom.